The first-order chi connectivity index (χ1) is 11.8. The summed E-state index contributed by atoms with van der Waals surface area (Å²) in [6.45, 7) is 3.07. The summed E-state index contributed by atoms with van der Waals surface area (Å²) in [4.78, 5) is 33.2. The number of amides is 2. The van der Waals surface area contributed by atoms with E-state index in [2.05, 4.69) is 5.32 Å². The number of aliphatic carboxylic acids is 1. The third-order valence-corrected chi connectivity index (χ3v) is 3.16. The largest absolute Gasteiger partial charge is 0.494 e. The van der Waals surface area contributed by atoms with E-state index in [9.17, 15) is 9.59 Å². The maximum absolute atomic E-state index is 11.5. The van der Waals surface area contributed by atoms with Gasteiger partial charge < -0.3 is 25.8 Å². The predicted octanol–water partition coefficient (Wildman–Crippen LogP) is -0.211. The fraction of sp³-hybridized carbons (Fsp3) is 0.375. The average Bonchev–Trinajstić information content (AvgIpc) is 2.55. The van der Waals surface area contributed by atoms with Crippen molar-refractivity contribution in [3.05, 3.63) is 29.8 Å². The monoisotopic (exact) mass is 350 g/mol. The Balaban J connectivity index is 0.000000705. The van der Waals surface area contributed by atoms with E-state index in [1.807, 2.05) is 0 Å². The number of hydrogen-bond donors (Lipinski definition) is 4. The maximum Gasteiger partial charge on any atom is 0.311 e. The van der Waals surface area contributed by atoms with Crippen LogP contribution in [-0.4, -0.2) is 59.9 Å². The molecular formula is C16H22N4O5. The molecule has 0 saturated carbocycles. The Morgan fingerprint density at radius 1 is 1.36 bits per heavy atom. The van der Waals surface area contributed by atoms with Gasteiger partial charge in [0.2, 0.25) is 0 Å². The van der Waals surface area contributed by atoms with Gasteiger partial charge in [0.25, 0.3) is 5.97 Å². The van der Waals surface area contributed by atoms with Crippen LogP contribution >= 0.6 is 0 Å². The van der Waals surface area contributed by atoms with Crippen LogP contribution in [0.3, 0.4) is 0 Å². The summed E-state index contributed by atoms with van der Waals surface area (Å²) in [5, 5.41) is 17.2. The van der Waals surface area contributed by atoms with Gasteiger partial charge in [-0.05, 0) is 30.7 Å². The topological polar surface area (TPSA) is 146 Å². The minimum atomic E-state index is -0.833. The van der Waals surface area contributed by atoms with Crippen LogP contribution in [-0.2, 0) is 14.4 Å². The highest BCUT2D eigenvalue weighted by Gasteiger charge is 2.25. The quantitative estimate of drug-likeness (QED) is 0.242. The van der Waals surface area contributed by atoms with E-state index in [-0.39, 0.29) is 5.84 Å². The predicted molar refractivity (Wildman–Crippen MR) is 90.5 cm³/mol. The Labute approximate surface area is 145 Å². The highest BCUT2D eigenvalue weighted by molar-refractivity contribution is 6.35. The molecule has 9 heteroatoms. The van der Waals surface area contributed by atoms with Crippen molar-refractivity contribution < 1.29 is 24.2 Å². The zero-order chi connectivity index (χ0) is 18.8. The Hall–Kier alpha value is -3.10. The number of carbonyl (C=O) groups excluding carboxylic acids is 2. The van der Waals surface area contributed by atoms with Crippen LogP contribution in [0.2, 0.25) is 0 Å². The zero-order valence-corrected chi connectivity index (χ0v) is 13.9. The summed E-state index contributed by atoms with van der Waals surface area (Å²) >= 11 is 0. The van der Waals surface area contributed by atoms with Crippen molar-refractivity contribution in [2.24, 2.45) is 5.73 Å². The molecule has 1 aromatic rings. The number of hydrogen-bond acceptors (Lipinski definition) is 5. The van der Waals surface area contributed by atoms with Gasteiger partial charge in [-0.25, -0.2) is 0 Å². The van der Waals surface area contributed by atoms with Gasteiger partial charge >= 0.3 is 11.8 Å². The molecule has 1 fully saturated rings. The third kappa shape index (κ3) is 7.34. The summed E-state index contributed by atoms with van der Waals surface area (Å²) in [6, 6.07) is 6.93. The van der Waals surface area contributed by atoms with Gasteiger partial charge in [-0.1, -0.05) is 0 Å². The van der Waals surface area contributed by atoms with Gasteiger partial charge in [-0.15, -0.1) is 0 Å². The molecule has 0 atom stereocenters. The number of nitrogens with two attached hydrogens (primary N) is 1. The summed E-state index contributed by atoms with van der Waals surface area (Å²) in [6.07, 6.45) is 0.646. The number of ether oxygens (including phenoxy) is 1. The van der Waals surface area contributed by atoms with Gasteiger partial charge in [0, 0.05) is 32.1 Å². The normalized spacial score (nSPS) is 13.4. The fourth-order valence-corrected chi connectivity index (χ4v) is 2.01. The van der Waals surface area contributed by atoms with E-state index < -0.39 is 17.8 Å². The number of nitrogen functional groups attached to an aromatic ring is 1. The Bertz CT molecular complexity index is 626. The van der Waals surface area contributed by atoms with Crippen molar-refractivity contribution in [2.75, 3.05) is 26.2 Å². The van der Waals surface area contributed by atoms with E-state index in [4.69, 9.17) is 25.8 Å². The molecule has 0 aromatic heterocycles. The van der Waals surface area contributed by atoms with Crippen molar-refractivity contribution in [3.63, 3.8) is 0 Å². The summed E-state index contributed by atoms with van der Waals surface area (Å²) < 4.78 is 5.54. The van der Waals surface area contributed by atoms with E-state index in [0.29, 0.717) is 44.0 Å². The minimum Gasteiger partial charge on any atom is -0.494 e. The lowest BCUT2D eigenvalue weighted by atomic mass is 10.2. The van der Waals surface area contributed by atoms with Gasteiger partial charge in [-0.3, -0.25) is 19.8 Å². The van der Waals surface area contributed by atoms with Gasteiger partial charge in [0.15, 0.2) is 0 Å². The first kappa shape index (κ1) is 19.9. The molecular weight excluding hydrogens is 328 g/mol. The number of carboxylic acid groups (broad SMARTS) is 1. The molecule has 25 heavy (non-hydrogen) atoms. The van der Waals surface area contributed by atoms with Crippen molar-refractivity contribution >= 4 is 23.6 Å². The SMILES string of the molecule is CC(=O)O.N=C(N)c1ccc(OCCCN2CCNC(=O)C2=O)cc1. The van der Waals surface area contributed by atoms with Gasteiger partial charge in [0.05, 0.1) is 6.61 Å². The van der Waals surface area contributed by atoms with Crippen LogP contribution in [0.25, 0.3) is 0 Å². The third-order valence-electron chi connectivity index (χ3n) is 3.16. The molecule has 1 aliphatic rings. The molecule has 9 nitrogen and oxygen atoms in total. The molecule has 1 heterocycles. The second kappa shape index (κ2) is 9.91. The molecule has 2 rings (SSSR count). The molecule has 1 aliphatic heterocycles. The van der Waals surface area contributed by atoms with E-state index >= 15 is 0 Å². The number of benzene rings is 1. The lowest BCUT2D eigenvalue weighted by molar-refractivity contribution is -0.148. The number of piperazine rings is 1. The average molecular weight is 350 g/mol. The van der Waals surface area contributed by atoms with Crippen LogP contribution in [0.5, 0.6) is 5.75 Å². The summed E-state index contributed by atoms with van der Waals surface area (Å²) in [5.41, 5.74) is 6.01. The number of rotatable bonds is 6. The Kier molecular flexibility index (Phi) is 7.91. The lowest BCUT2D eigenvalue weighted by Gasteiger charge is -2.26. The number of nitrogens with zero attached hydrogens (tertiary/aromatic N) is 1. The summed E-state index contributed by atoms with van der Waals surface area (Å²) in [7, 11) is 0. The lowest BCUT2D eigenvalue weighted by Crippen LogP contribution is -2.52. The molecule has 5 N–H and O–H groups in total. The van der Waals surface area contributed by atoms with Gasteiger partial charge in [0.1, 0.15) is 11.6 Å². The smallest absolute Gasteiger partial charge is 0.311 e. The maximum atomic E-state index is 11.5. The molecule has 0 aliphatic carbocycles. The molecule has 2 amide bonds. The van der Waals surface area contributed by atoms with Crippen LogP contribution < -0.4 is 15.8 Å². The van der Waals surface area contributed by atoms with Crippen LogP contribution in [0.1, 0.15) is 18.9 Å². The minimum absolute atomic E-state index is 0.0171. The highest BCUT2D eigenvalue weighted by atomic mass is 16.5. The first-order valence-corrected chi connectivity index (χ1v) is 7.65. The van der Waals surface area contributed by atoms with Crippen molar-refractivity contribution in [2.45, 2.75) is 13.3 Å². The molecule has 1 aromatic carbocycles. The van der Waals surface area contributed by atoms with Crippen LogP contribution in [0.4, 0.5) is 0 Å². The van der Waals surface area contributed by atoms with E-state index in [1.165, 1.54) is 4.90 Å². The van der Waals surface area contributed by atoms with Crippen LogP contribution in [0.15, 0.2) is 24.3 Å². The first-order valence-electron chi connectivity index (χ1n) is 7.65. The second-order valence-corrected chi connectivity index (χ2v) is 5.21. The molecule has 136 valence electrons. The van der Waals surface area contributed by atoms with E-state index in [0.717, 1.165) is 6.92 Å². The Morgan fingerprint density at radius 2 is 1.96 bits per heavy atom. The molecule has 1 saturated heterocycles. The standard InChI is InChI=1S/C14H18N4O3.C2H4O2/c15-12(16)10-2-4-11(5-3-10)21-9-1-7-18-8-6-17-13(19)14(18)20;1-2(3)4/h2-5H,1,6-9H2,(H3,15,16)(H,17,19);1H3,(H,3,4). The molecule has 0 spiro atoms. The van der Waals surface area contributed by atoms with Crippen LogP contribution in [0, 0.1) is 5.41 Å². The molecule has 0 unspecified atom stereocenters. The van der Waals surface area contributed by atoms with Gasteiger partial charge in [-0.2, -0.15) is 0 Å². The number of amidine groups is 1. The van der Waals surface area contributed by atoms with Crippen molar-refractivity contribution in [1.29, 1.82) is 5.41 Å². The second-order valence-electron chi connectivity index (χ2n) is 5.21. The number of carbonyl (C=O) groups is 3. The number of carboxylic acids is 1. The Morgan fingerprint density at radius 3 is 2.52 bits per heavy atom. The fourth-order valence-electron chi connectivity index (χ4n) is 2.01. The van der Waals surface area contributed by atoms with Crippen molar-refractivity contribution in [3.8, 4) is 5.75 Å². The molecule has 0 radical (unpaired) electrons. The van der Waals surface area contributed by atoms with Crippen molar-refractivity contribution in [1.82, 2.24) is 10.2 Å². The number of nitrogens with one attached hydrogen (secondary N) is 2. The summed E-state index contributed by atoms with van der Waals surface area (Å²) in [5.74, 6) is -1.15. The highest BCUT2D eigenvalue weighted by Crippen LogP contribution is 2.12. The molecule has 0 bridgehead atoms. The zero-order valence-electron chi connectivity index (χ0n) is 13.9. The van der Waals surface area contributed by atoms with E-state index in [1.54, 1.807) is 24.3 Å².